The third-order valence-corrected chi connectivity index (χ3v) is 6.60. The number of hydrogen-bond donors (Lipinski definition) is 1. The molecule has 0 unspecified atom stereocenters. The van der Waals surface area contributed by atoms with Crippen molar-refractivity contribution >= 4 is 23.9 Å². The fourth-order valence-electron chi connectivity index (χ4n) is 4.58. The van der Waals surface area contributed by atoms with Gasteiger partial charge in [0.25, 0.3) is 0 Å². The van der Waals surface area contributed by atoms with Crippen molar-refractivity contribution in [2.24, 2.45) is 17.8 Å². The number of nitrogens with zero attached hydrogens (tertiary/aromatic N) is 2. The molecule has 0 aliphatic carbocycles. The fourth-order valence-corrected chi connectivity index (χ4v) is 4.58. The van der Waals surface area contributed by atoms with E-state index in [4.69, 9.17) is 14.2 Å². The number of hydrogen-bond acceptors (Lipinski definition) is 7. The normalized spacial score (nSPS) is 20.2. The van der Waals surface area contributed by atoms with Gasteiger partial charge in [-0.1, -0.05) is 0 Å². The molecule has 2 aliphatic rings. The molecule has 2 rings (SSSR count). The Kier molecular flexibility index (Phi) is 11.3. The summed E-state index contributed by atoms with van der Waals surface area (Å²) in [7, 11) is 2.80. The molecule has 10 nitrogen and oxygen atoms in total. The first-order valence-corrected chi connectivity index (χ1v) is 12.6. The molecule has 0 aromatic heterocycles. The van der Waals surface area contributed by atoms with Crippen molar-refractivity contribution in [3.8, 4) is 0 Å². The molecule has 0 radical (unpaired) electrons. The molecule has 0 aromatic rings. The number of piperidine rings is 2. The minimum atomic E-state index is -0.558. The highest BCUT2D eigenvalue weighted by Gasteiger charge is 2.31. The van der Waals surface area contributed by atoms with E-state index < -0.39 is 17.5 Å². The number of rotatable bonds is 9. The molecule has 2 heterocycles. The van der Waals surface area contributed by atoms with E-state index in [-0.39, 0.29) is 37.0 Å². The van der Waals surface area contributed by atoms with Gasteiger partial charge in [-0.2, -0.15) is 0 Å². The Morgan fingerprint density at radius 3 is 2.29 bits per heavy atom. The molecule has 3 amide bonds. The largest absolute Gasteiger partial charge is 0.469 e. The Morgan fingerprint density at radius 1 is 1.00 bits per heavy atom. The Labute approximate surface area is 209 Å². The zero-order chi connectivity index (χ0) is 26.0. The zero-order valence-corrected chi connectivity index (χ0v) is 22.0. The molecule has 2 saturated heterocycles. The molecule has 10 heteroatoms. The maximum absolute atomic E-state index is 12.8. The summed E-state index contributed by atoms with van der Waals surface area (Å²) in [6.45, 7) is 8.24. The fraction of sp³-hybridized carbons (Fsp3) is 0.840. The van der Waals surface area contributed by atoms with Gasteiger partial charge in [0.1, 0.15) is 5.60 Å². The molecule has 0 saturated carbocycles. The molecule has 200 valence electrons. The Balaban J connectivity index is 1.73. The number of likely N-dealkylation sites (tertiary alicyclic amines) is 2. The molecule has 1 N–H and O–H groups in total. The van der Waals surface area contributed by atoms with Crippen molar-refractivity contribution in [1.29, 1.82) is 0 Å². The maximum atomic E-state index is 12.8. The van der Waals surface area contributed by atoms with E-state index in [9.17, 15) is 19.2 Å². The monoisotopic (exact) mass is 497 g/mol. The number of amides is 3. The summed E-state index contributed by atoms with van der Waals surface area (Å²) >= 11 is 0. The predicted molar refractivity (Wildman–Crippen MR) is 129 cm³/mol. The number of ether oxygens (including phenoxy) is 3. The third-order valence-electron chi connectivity index (χ3n) is 6.60. The van der Waals surface area contributed by atoms with Crippen LogP contribution in [0.5, 0.6) is 0 Å². The molecule has 0 spiro atoms. The van der Waals surface area contributed by atoms with Crippen molar-refractivity contribution in [3.05, 3.63) is 0 Å². The Hall–Kier alpha value is -2.36. The summed E-state index contributed by atoms with van der Waals surface area (Å²) in [6.07, 6.45) is 4.17. The highest BCUT2D eigenvalue weighted by Crippen LogP contribution is 2.25. The topological polar surface area (TPSA) is 114 Å². The highest BCUT2D eigenvalue weighted by atomic mass is 16.6. The van der Waals surface area contributed by atoms with Crippen LogP contribution in [0.2, 0.25) is 0 Å². The average Bonchev–Trinajstić information content (AvgIpc) is 2.83. The third kappa shape index (κ3) is 9.66. The average molecular weight is 498 g/mol. The first kappa shape index (κ1) is 28.9. The van der Waals surface area contributed by atoms with Crippen LogP contribution in [0.3, 0.4) is 0 Å². The quantitative estimate of drug-likeness (QED) is 0.486. The van der Waals surface area contributed by atoms with Crippen LogP contribution in [-0.4, -0.2) is 92.8 Å². The van der Waals surface area contributed by atoms with Gasteiger partial charge in [0.05, 0.1) is 25.6 Å². The number of nitrogens with one attached hydrogen (secondary N) is 1. The van der Waals surface area contributed by atoms with Gasteiger partial charge in [-0.15, -0.1) is 0 Å². The van der Waals surface area contributed by atoms with Gasteiger partial charge in [-0.25, -0.2) is 4.79 Å². The highest BCUT2D eigenvalue weighted by molar-refractivity contribution is 5.82. The standard InChI is InChI=1S/C25H43N3O7/c1-25(2,3)35-24(32)27-13-10-18(11-14-27)8-9-21(29)28-12-6-7-19(16-28)22(30)26-15-20(17-33-4)23(31)34-5/h18-20H,6-17H2,1-5H3,(H,26,30)/t19-,20+/m1/s1. The van der Waals surface area contributed by atoms with Crippen LogP contribution in [0, 0.1) is 17.8 Å². The summed E-state index contributed by atoms with van der Waals surface area (Å²) < 4.78 is 15.2. The number of carbonyl (C=O) groups excluding carboxylic acids is 4. The molecular formula is C25H43N3O7. The lowest BCUT2D eigenvalue weighted by atomic mass is 9.91. The first-order valence-electron chi connectivity index (χ1n) is 12.6. The van der Waals surface area contributed by atoms with Gasteiger partial charge >= 0.3 is 12.1 Å². The number of esters is 1. The van der Waals surface area contributed by atoms with Crippen LogP contribution < -0.4 is 5.32 Å². The second kappa shape index (κ2) is 13.7. The van der Waals surface area contributed by atoms with Crippen molar-refractivity contribution in [2.45, 2.75) is 64.9 Å². The Bertz CT molecular complexity index is 729. The lowest BCUT2D eigenvalue weighted by molar-refractivity contribution is -0.147. The van der Waals surface area contributed by atoms with Crippen molar-refractivity contribution in [1.82, 2.24) is 15.1 Å². The zero-order valence-electron chi connectivity index (χ0n) is 22.0. The van der Waals surface area contributed by atoms with E-state index in [0.717, 1.165) is 25.7 Å². The second-order valence-electron chi connectivity index (χ2n) is 10.5. The van der Waals surface area contributed by atoms with Crippen LogP contribution in [-0.2, 0) is 28.6 Å². The molecule has 2 atom stereocenters. The van der Waals surface area contributed by atoms with E-state index >= 15 is 0 Å². The van der Waals surface area contributed by atoms with Crippen molar-refractivity contribution in [3.63, 3.8) is 0 Å². The van der Waals surface area contributed by atoms with Crippen LogP contribution in [0.4, 0.5) is 4.79 Å². The summed E-state index contributed by atoms with van der Waals surface area (Å²) in [5, 5.41) is 2.82. The van der Waals surface area contributed by atoms with E-state index in [1.165, 1.54) is 14.2 Å². The minimum Gasteiger partial charge on any atom is -0.469 e. The smallest absolute Gasteiger partial charge is 0.410 e. The van der Waals surface area contributed by atoms with Crippen LogP contribution in [0.1, 0.15) is 59.3 Å². The van der Waals surface area contributed by atoms with Crippen LogP contribution in [0.25, 0.3) is 0 Å². The van der Waals surface area contributed by atoms with E-state index in [2.05, 4.69) is 5.32 Å². The molecule has 2 aliphatic heterocycles. The summed E-state index contributed by atoms with van der Waals surface area (Å²) in [6, 6.07) is 0. The van der Waals surface area contributed by atoms with Crippen molar-refractivity contribution < 1.29 is 33.4 Å². The molecular weight excluding hydrogens is 454 g/mol. The maximum Gasteiger partial charge on any atom is 0.410 e. The minimum absolute atomic E-state index is 0.0730. The first-order chi connectivity index (χ1) is 16.5. The second-order valence-corrected chi connectivity index (χ2v) is 10.5. The van der Waals surface area contributed by atoms with Gasteiger partial charge < -0.3 is 29.3 Å². The summed E-state index contributed by atoms with van der Waals surface area (Å²) in [4.78, 5) is 53.1. The SMILES string of the molecule is COC[C@H](CNC(=O)[C@@H]1CCCN(C(=O)CCC2CCN(C(=O)OC(C)(C)C)CC2)C1)C(=O)OC. The summed E-state index contributed by atoms with van der Waals surface area (Å²) in [5.41, 5.74) is -0.503. The van der Waals surface area contributed by atoms with E-state index in [1.807, 2.05) is 20.8 Å². The van der Waals surface area contributed by atoms with Gasteiger partial charge in [0.15, 0.2) is 0 Å². The van der Waals surface area contributed by atoms with Gasteiger partial charge in [-0.3, -0.25) is 14.4 Å². The van der Waals surface area contributed by atoms with Gasteiger partial charge in [0, 0.05) is 46.3 Å². The predicted octanol–water partition coefficient (Wildman–Crippen LogP) is 2.20. The van der Waals surface area contributed by atoms with E-state index in [0.29, 0.717) is 44.9 Å². The van der Waals surface area contributed by atoms with Crippen LogP contribution >= 0.6 is 0 Å². The number of methoxy groups -OCH3 is 2. The number of carbonyl (C=O) groups is 4. The lowest BCUT2D eigenvalue weighted by Gasteiger charge is -2.34. The van der Waals surface area contributed by atoms with Gasteiger partial charge in [0.2, 0.25) is 11.8 Å². The van der Waals surface area contributed by atoms with Crippen molar-refractivity contribution in [2.75, 3.05) is 53.6 Å². The van der Waals surface area contributed by atoms with Crippen LogP contribution in [0.15, 0.2) is 0 Å². The lowest BCUT2D eigenvalue weighted by Crippen LogP contribution is -2.47. The van der Waals surface area contributed by atoms with Gasteiger partial charge in [-0.05, 0) is 58.8 Å². The molecule has 35 heavy (non-hydrogen) atoms. The molecule has 0 bridgehead atoms. The molecule has 0 aromatic carbocycles. The van der Waals surface area contributed by atoms with E-state index in [1.54, 1.807) is 9.80 Å². The Morgan fingerprint density at radius 2 is 1.69 bits per heavy atom. The molecule has 2 fully saturated rings. The summed E-state index contributed by atoms with van der Waals surface area (Å²) in [5.74, 6) is -0.948.